The Hall–Kier alpha value is -2.40. The molecule has 0 bridgehead atoms. The van der Waals surface area contributed by atoms with Gasteiger partial charge < -0.3 is 9.64 Å². The number of para-hydroxylation sites is 2. The molecule has 3 aromatic rings. The summed E-state index contributed by atoms with van der Waals surface area (Å²) in [7, 11) is 1.68. The van der Waals surface area contributed by atoms with Gasteiger partial charge in [0, 0.05) is 42.0 Å². The minimum atomic E-state index is 0.815. The van der Waals surface area contributed by atoms with Gasteiger partial charge in [0.05, 0.1) is 13.3 Å². The lowest BCUT2D eigenvalue weighted by Gasteiger charge is -2.28. The van der Waals surface area contributed by atoms with Gasteiger partial charge in [0.1, 0.15) is 11.4 Å². The fraction of sp³-hybridized carbons (Fsp3) is 0.250. The number of rotatable bonds is 4. The summed E-state index contributed by atoms with van der Waals surface area (Å²) in [4.78, 5) is 2.46. The summed E-state index contributed by atoms with van der Waals surface area (Å²) in [5, 5.41) is 4.51. The average Bonchev–Trinajstić information content (AvgIpc) is 3.19. The first kappa shape index (κ1) is 16.1. The van der Waals surface area contributed by atoms with Gasteiger partial charge in [-0.25, -0.2) is 4.68 Å². The molecule has 0 atom stereocenters. The molecular formula is C20H21N3OS. The number of methoxy groups -OCH3 is 1. The normalized spacial score (nSPS) is 14.5. The first-order valence-corrected chi connectivity index (χ1v) is 9.62. The molecule has 0 aliphatic carbocycles. The van der Waals surface area contributed by atoms with Crippen molar-refractivity contribution in [1.29, 1.82) is 0 Å². The van der Waals surface area contributed by atoms with Crippen LogP contribution in [0.5, 0.6) is 5.75 Å². The summed E-state index contributed by atoms with van der Waals surface area (Å²) in [5.74, 6) is 3.25. The molecule has 4 nitrogen and oxygen atoms in total. The number of hydrogen-bond acceptors (Lipinski definition) is 4. The minimum absolute atomic E-state index is 0.815. The molecule has 1 aromatic heterocycles. The summed E-state index contributed by atoms with van der Waals surface area (Å²) in [6, 6.07) is 16.7. The quantitative estimate of drug-likeness (QED) is 0.708. The lowest BCUT2D eigenvalue weighted by atomic mass is 10.1. The Morgan fingerprint density at radius 3 is 2.48 bits per heavy atom. The molecule has 128 valence electrons. The van der Waals surface area contributed by atoms with Gasteiger partial charge in [-0.3, -0.25) is 0 Å². The molecule has 5 heteroatoms. The van der Waals surface area contributed by atoms with Crippen LogP contribution in [0.2, 0.25) is 0 Å². The van der Waals surface area contributed by atoms with Crippen LogP contribution in [-0.4, -0.2) is 41.5 Å². The van der Waals surface area contributed by atoms with Crippen molar-refractivity contribution in [2.75, 3.05) is 36.6 Å². The van der Waals surface area contributed by atoms with E-state index in [9.17, 15) is 0 Å². The lowest BCUT2D eigenvalue weighted by Crippen LogP contribution is -2.32. The predicted molar refractivity (Wildman–Crippen MR) is 105 cm³/mol. The fourth-order valence-corrected chi connectivity index (χ4v) is 4.01. The molecule has 25 heavy (non-hydrogen) atoms. The maximum atomic E-state index is 5.43. The molecule has 0 saturated carbocycles. The average molecular weight is 351 g/mol. The van der Waals surface area contributed by atoms with E-state index in [1.165, 1.54) is 22.8 Å². The van der Waals surface area contributed by atoms with Crippen molar-refractivity contribution in [3.8, 4) is 22.6 Å². The zero-order chi connectivity index (χ0) is 17.1. The van der Waals surface area contributed by atoms with Crippen LogP contribution in [0.3, 0.4) is 0 Å². The first-order chi connectivity index (χ1) is 12.3. The third-order valence-corrected chi connectivity index (χ3v) is 5.43. The second-order valence-corrected chi connectivity index (χ2v) is 7.22. The van der Waals surface area contributed by atoms with Crippen LogP contribution in [-0.2, 0) is 0 Å². The zero-order valence-electron chi connectivity index (χ0n) is 14.3. The van der Waals surface area contributed by atoms with E-state index < -0.39 is 0 Å². The summed E-state index contributed by atoms with van der Waals surface area (Å²) < 4.78 is 7.29. The Morgan fingerprint density at radius 1 is 0.960 bits per heavy atom. The second-order valence-electron chi connectivity index (χ2n) is 5.99. The van der Waals surface area contributed by atoms with Gasteiger partial charge in [-0.2, -0.15) is 16.9 Å². The molecular weight excluding hydrogens is 330 g/mol. The second kappa shape index (κ2) is 7.23. The standard InChI is InChI=1S/C20H21N3OS/c1-24-20-5-3-2-4-19(20)23-15-17(14-21-23)16-6-8-18(9-7-16)22-10-12-25-13-11-22/h2-9,14-15H,10-13H2,1H3. The first-order valence-electron chi connectivity index (χ1n) is 8.46. The molecule has 1 aliphatic heterocycles. The SMILES string of the molecule is COc1ccccc1-n1cc(-c2ccc(N3CCSCC3)cc2)cn1. The van der Waals surface area contributed by atoms with Crippen LogP contribution >= 0.6 is 11.8 Å². The highest BCUT2D eigenvalue weighted by Gasteiger charge is 2.12. The largest absolute Gasteiger partial charge is 0.494 e. The van der Waals surface area contributed by atoms with Crippen LogP contribution in [0.4, 0.5) is 5.69 Å². The molecule has 2 aromatic carbocycles. The maximum absolute atomic E-state index is 5.43. The Morgan fingerprint density at radius 2 is 1.72 bits per heavy atom. The van der Waals surface area contributed by atoms with Crippen molar-refractivity contribution < 1.29 is 4.74 Å². The number of thioether (sulfide) groups is 1. The van der Waals surface area contributed by atoms with Crippen LogP contribution < -0.4 is 9.64 Å². The lowest BCUT2D eigenvalue weighted by molar-refractivity contribution is 0.411. The molecule has 1 fully saturated rings. The van der Waals surface area contributed by atoms with Gasteiger partial charge >= 0.3 is 0 Å². The topological polar surface area (TPSA) is 30.3 Å². The van der Waals surface area contributed by atoms with Gasteiger partial charge in [0.15, 0.2) is 0 Å². The Labute approximate surface area is 152 Å². The van der Waals surface area contributed by atoms with Gasteiger partial charge in [-0.1, -0.05) is 24.3 Å². The zero-order valence-corrected chi connectivity index (χ0v) is 15.1. The molecule has 0 N–H and O–H groups in total. The van der Waals surface area contributed by atoms with Crippen LogP contribution in [0.25, 0.3) is 16.8 Å². The Balaban J connectivity index is 1.57. The summed E-state index contributed by atoms with van der Waals surface area (Å²) in [6.45, 7) is 2.27. The van der Waals surface area contributed by atoms with Crippen molar-refractivity contribution in [1.82, 2.24) is 9.78 Å². The van der Waals surface area contributed by atoms with Crippen LogP contribution in [0.1, 0.15) is 0 Å². The Kier molecular flexibility index (Phi) is 4.65. The fourth-order valence-electron chi connectivity index (χ4n) is 3.11. The van der Waals surface area contributed by atoms with Crippen molar-refractivity contribution in [2.45, 2.75) is 0 Å². The molecule has 1 aliphatic rings. The van der Waals surface area contributed by atoms with Crippen molar-refractivity contribution in [2.24, 2.45) is 0 Å². The van der Waals surface area contributed by atoms with E-state index in [0.717, 1.165) is 30.1 Å². The third-order valence-electron chi connectivity index (χ3n) is 4.49. The highest BCUT2D eigenvalue weighted by Crippen LogP contribution is 2.27. The van der Waals surface area contributed by atoms with E-state index in [4.69, 9.17) is 4.74 Å². The smallest absolute Gasteiger partial charge is 0.144 e. The summed E-state index contributed by atoms with van der Waals surface area (Å²) in [5.41, 5.74) is 4.53. The van der Waals surface area contributed by atoms with Gasteiger partial charge in [0.2, 0.25) is 0 Å². The van der Waals surface area contributed by atoms with Gasteiger partial charge in [-0.15, -0.1) is 0 Å². The number of hydrogen-bond donors (Lipinski definition) is 0. The Bertz CT molecular complexity index is 838. The number of nitrogens with zero attached hydrogens (tertiary/aromatic N) is 3. The molecule has 0 amide bonds. The number of ether oxygens (including phenoxy) is 1. The molecule has 0 radical (unpaired) electrons. The van der Waals surface area contributed by atoms with Crippen molar-refractivity contribution >= 4 is 17.4 Å². The number of anilines is 1. The molecule has 0 spiro atoms. The van der Waals surface area contributed by atoms with Gasteiger partial charge in [0.25, 0.3) is 0 Å². The summed E-state index contributed by atoms with van der Waals surface area (Å²) >= 11 is 2.03. The van der Waals surface area contributed by atoms with Gasteiger partial charge in [-0.05, 0) is 29.8 Å². The highest BCUT2D eigenvalue weighted by atomic mass is 32.2. The maximum Gasteiger partial charge on any atom is 0.144 e. The predicted octanol–water partition coefficient (Wildman–Crippen LogP) is 4.10. The molecule has 1 saturated heterocycles. The molecule has 2 heterocycles. The van der Waals surface area contributed by atoms with Crippen LogP contribution in [0, 0.1) is 0 Å². The van der Waals surface area contributed by atoms with Crippen molar-refractivity contribution in [3.05, 3.63) is 60.9 Å². The number of aromatic nitrogens is 2. The highest BCUT2D eigenvalue weighted by molar-refractivity contribution is 7.99. The van der Waals surface area contributed by atoms with E-state index in [1.807, 2.05) is 53.1 Å². The number of benzene rings is 2. The van der Waals surface area contributed by atoms with Crippen LogP contribution in [0.15, 0.2) is 60.9 Å². The van der Waals surface area contributed by atoms with E-state index in [2.05, 4.69) is 34.3 Å². The third kappa shape index (κ3) is 3.37. The monoisotopic (exact) mass is 351 g/mol. The van der Waals surface area contributed by atoms with E-state index in [0.29, 0.717) is 0 Å². The van der Waals surface area contributed by atoms with E-state index in [1.54, 1.807) is 7.11 Å². The minimum Gasteiger partial charge on any atom is -0.494 e. The van der Waals surface area contributed by atoms with Crippen molar-refractivity contribution in [3.63, 3.8) is 0 Å². The van der Waals surface area contributed by atoms with E-state index in [-0.39, 0.29) is 0 Å². The van der Waals surface area contributed by atoms with E-state index >= 15 is 0 Å². The summed E-state index contributed by atoms with van der Waals surface area (Å²) in [6.07, 6.45) is 3.95. The molecule has 0 unspecified atom stereocenters. The molecule has 4 rings (SSSR count).